The zero-order valence-corrected chi connectivity index (χ0v) is 5.20. The Hall–Kier alpha value is -1.19. The van der Waals surface area contributed by atoms with E-state index in [4.69, 9.17) is 0 Å². The SMILES string of the molecule is C=N/N=C1/CC(C)=N[N-]1. The minimum absolute atomic E-state index is 0.641. The van der Waals surface area contributed by atoms with Gasteiger partial charge in [0.25, 0.3) is 0 Å². The van der Waals surface area contributed by atoms with Gasteiger partial charge in [-0.2, -0.15) is 0 Å². The highest BCUT2D eigenvalue weighted by Crippen LogP contribution is 2.09. The van der Waals surface area contributed by atoms with Gasteiger partial charge in [-0.1, -0.05) is 0 Å². The number of hydrogen-bond acceptors (Lipinski definition) is 3. The van der Waals surface area contributed by atoms with Crippen molar-refractivity contribution in [3.05, 3.63) is 5.43 Å². The van der Waals surface area contributed by atoms with Crippen LogP contribution in [0.15, 0.2) is 15.3 Å². The molecule has 1 heterocycles. The molecular formula is C5H7N4-. The molecule has 0 fully saturated rings. The van der Waals surface area contributed by atoms with Gasteiger partial charge in [-0.3, -0.25) is 10.2 Å². The highest BCUT2D eigenvalue weighted by atomic mass is 15.4. The Morgan fingerprint density at radius 2 is 2.56 bits per heavy atom. The van der Waals surface area contributed by atoms with Crippen LogP contribution in [0, 0.1) is 0 Å². The molecule has 0 N–H and O–H groups in total. The van der Waals surface area contributed by atoms with Gasteiger partial charge in [0, 0.05) is 12.1 Å². The molecule has 0 aromatic heterocycles. The lowest BCUT2D eigenvalue weighted by Gasteiger charge is -2.01. The van der Waals surface area contributed by atoms with Crippen LogP contribution in [0.25, 0.3) is 5.43 Å². The van der Waals surface area contributed by atoms with Crippen molar-refractivity contribution in [3.8, 4) is 0 Å². The summed E-state index contributed by atoms with van der Waals surface area (Å²) in [4.78, 5) is 0. The Labute approximate surface area is 53.4 Å². The largest absolute Gasteiger partial charge is 0.357 e. The lowest BCUT2D eigenvalue weighted by molar-refractivity contribution is 1.24. The first-order valence-electron chi connectivity index (χ1n) is 2.59. The van der Waals surface area contributed by atoms with Crippen molar-refractivity contribution < 1.29 is 0 Å². The van der Waals surface area contributed by atoms with Crippen LogP contribution < -0.4 is 0 Å². The molecule has 0 aromatic rings. The Balaban J connectivity index is 2.55. The van der Waals surface area contributed by atoms with Gasteiger partial charge in [-0.25, -0.2) is 0 Å². The van der Waals surface area contributed by atoms with E-state index >= 15 is 0 Å². The number of nitrogens with zero attached hydrogens (tertiary/aromatic N) is 4. The molecule has 0 saturated heterocycles. The summed E-state index contributed by atoms with van der Waals surface area (Å²) in [5.41, 5.74) is 4.68. The topological polar surface area (TPSA) is 51.2 Å². The fraction of sp³-hybridized carbons (Fsp3) is 0.400. The standard InChI is InChI=1S/C5H7N4/c1-4-3-5(8-6-2)9-7-4/h2-3H2,1H3/q-1. The zero-order valence-electron chi connectivity index (χ0n) is 5.20. The fourth-order valence-corrected chi connectivity index (χ4v) is 0.580. The molecule has 4 heteroatoms. The molecule has 0 unspecified atom stereocenters. The molecule has 0 amide bonds. The molecule has 0 radical (unpaired) electrons. The molecule has 1 aliphatic heterocycles. The minimum atomic E-state index is 0.641. The van der Waals surface area contributed by atoms with Gasteiger partial charge >= 0.3 is 0 Å². The molecule has 4 nitrogen and oxygen atoms in total. The molecule has 0 aliphatic carbocycles. The monoisotopic (exact) mass is 123 g/mol. The van der Waals surface area contributed by atoms with Crippen LogP contribution >= 0.6 is 0 Å². The van der Waals surface area contributed by atoms with E-state index in [2.05, 4.69) is 27.4 Å². The van der Waals surface area contributed by atoms with Crippen molar-refractivity contribution in [1.29, 1.82) is 0 Å². The number of rotatable bonds is 1. The zero-order chi connectivity index (χ0) is 6.69. The summed E-state index contributed by atoms with van der Waals surface area (Å²) in [7, 11) is 0. The second-order valence-electron chi connectivity index (χ2n) is 1.77. The summed E-state index contributed by atoms with van der Waals surface area (Å²) in [5.74, 6) is 0.641. The van der Waals surface area contributed by atoms with E-state index in [0.717, 1.165) is 5.71 Å². The van der Waals surface area contributed by atoms with E-state index in [9.17, 15) is 0 Å². The maximum atomic E-state index is 3.76. The van der Waals surface area contributed by atoms with Gasteiger partial charge in [0.1, 0.15) is 0 Å². The van der Waals surface area contributed by atoms with Crippen LogP contribution in [0.1, 0.15) is 13.3 Å². The summed E-state index contributed by atoms with van der Waals surface area (Å²) < 4.78 is 0. The van der Waals surface area contributed by atoms with Crippen LogP contribution in [0.2, 0.25) is 0 Å². The highest BCUT2D eigenvalue weighted by molar-refractivity contribution is 6.13. The predicted octanol–water partition coefficient (Wildman–Crippen LogP) is 1.15. The first kappa shape index (κ1) is 5.94. The molecule has 0 bridgehead atoms. The Morgan fingerprint density at radius 3 is 3.00 bits per heavy atom. The van der Waals surface area contributed by atoms with E-state index in [1.54, 1.807) is 0 Å². The minimum Gasteiger partial charge on any atom is -0.357 e. The lowest BCUT2D eigenvalue weighted by atomic mass is 10.3. The Bertz CT molecular complexity index is 179. The number of hydrogen-bond donors (Lipinski definition) is 0. The van der Waals surface area contributed by atoms with Crippen LogP contribution in [-0.2, 0) is 0 Å². The van der Waals surface area contributed by atoms with Gasteiger partial charge in [0.15, 0.2) is 0 Å². The average Bonchev–Trinajstić information content (AvgIpc) is 2.17. The Morgan fingerprint density at radius 1 is 1.78 bits per heavy atom. The van der Waals surface area contributed by atoms with E-state index in [1.165, 1.54) is 0 Å². The van der Waals surface area contributed by atoms with Crippen molar-refractivity contribution >= 4 is 18.3 Å². The highest BCUT2D eigenvalue weighted by Gasteiger charge is 1.97. The predicted molar refractivity (Wildman–Crippen MR) is 38.1 cm³/mol. The lowest BCUT2D eigenvalue weighted by Crippen LogP contribution is -1.91. The summed E-state index contributed by atoms with van der Waals surface area (Å²) in [6, 6.07) is 0. The summed E-state index contributed by atoms with van der Waals surface area (Å²) in [5, 5.41) is 10.7. The summed E-state index contributed by atoms with van der Waals surface area (Å²) >= 11 is 0. The van der Waals surface area contributed by atoms with Gasteiger partial charge in [-0.05, 0) is 19.5 Å². The van der Waals surface area contributed by atoms with Gasteiger partial charge < -0.3 is 10.5 Å². The van der Waals surface area contributed by atoms with Gasteiger partial charge in [0.05, 0.1) is 0 Å². The first-order valence-corrected chi connectivity index (χ1v) is 2.59. The summed E-state index contributed by atoms with van der Waals surface area (Å²) in [6.45, 7) is 5.10. The third-order valence-electron chi connectivity index (χ3n) is 0.936. The second-order valence-corrected chi connectivity index (χ2v) is 1.77. The van der Waals surface area contributed by atoms with Gasteiger partial charge in [0.2, 0.25) is 0 Å². The molecule has 9 heavy (non-hydrogen) atoms. The molecule has 1 aliphatic rings. The molecular weight excluding hydrogens is 116 g/mol. The molecule has 0 spiro atoms. The van der Waals surface area contributed by atoms with E-state index in [-0.39, 0.29) is 0 Å². The first-order chi connectivity index (χ1) is 4.33. The van der Waals surface area contributed by atoms with Gasteiger partial charge in [-0.15, -0.1) is 0 Å². The van der Waals surface area contributed by atoms with Crippen LogP contribution in [0.5, 0.6) is 0 Å². The van der Waals surface area contributed by atoms with Crippen LogP contribution in [0.3, 0.4) is 0 Å². The van der Waals surface area contributed by atoms with Crippen molar-refractivity contribution in [1.82, 2.24) is 0 Å². The maximum Gasteiger partial charge on any atom is 0.0177 e. The average molecular weight is 123 g/mol. The summed E-state index contributed by atoms with van der Waals surface area (Å²) in [6.07, 6.45) is 0.707. The van der Waals surface area contributed by atoms with Crippen molar-refractivity contribution in [3.63, 3.8) is 0 Å². The maximum absolute atomic E-state index is 3.76. The number of amidine groups is 1. The molecule has 0 aromatic carbocycles. The smallest absolute Gasteiger partial charge is 0.0177 e. The van der Waals surface area contributed by atoms with Crippen molar-refractivity contribution in [2.75, 3.05) is 0 Å². The molecule has 48 valence electrons. The second kappa shape index (κ2) is 2.39. The molecule has 0 saturated carbocycles. The molecule has 1 rings (SSSR count). The third-order valence-corrected chi connectivity index (χ3v) is 0.936. The third kappa shape index (κ3) is 1.35. The van der Waals surface area contributed by atoms with E-state index in [1.807, 2.05) is 6.92 Å². The fourth-order valence-electron chi connectivity index (χ4n) is 0.580. The van der Waals surface area contributed by atoms with E-state index in [0.29, 0.717) is 12.3 Å². The quantitative estimate of drug-likeness (QED) is 0.371. The van der Waals surface area contributed by atoms with Crippen LogP contribution in [0.4, 0.5) is 0 Å². The van der Waals surface area contributed by atoms with Crippen molar-refractivity contribution in [2.45, 2.75) is 13.3 Å². The Kier molecular flexibility index (Phi) is 1.58. The van der Waals surface area contributed by atoms with E-state index < -0.39 is 0 Å². The van der Waals surface area contributed by atoms with Crippen LogP contribution in [-0.4, -0.2) is 18.3 Å². The molecule has 0 atom stereocenters. The normalized spacial score (nSPS) is 21.4. The van der Waals surface area contributed by atoms with Crippen molar-refractivity contribution in [2.24, 2.45) is 15.3 Å².